The number of hydrazone groups is 1. The van der Waals surface area contributed by atoms with E-state index in [4.69, 9.17) is 16.7 Å². The van der Waals surface area contributed by atoms with Crippen LogP contribution in [0.3, 0.4) is 0 Å². The van der Waals surface area contributed by atoms with Crippen LogP contribution in [0.5, 0.6) is 0 Å². The van der Waals surface area contributed by atoms with E-state index in [0.29, 0.717) is 28.4 Å². The summed E-state index contributed by atoms with van der Waals surface area (Å²) in [5, 5.41) is 15.6. The zero-order chi connectivity index (χ0) is 25.2. The lowest BCUT2D eigenvalue weighted by Gasteiger charge is -2.26. The minimum atomic E-state index is -1.06. The number of dihydropyridines is 1. The van der Waals surface area contributed by atoms with Crippen molar-refractivity contribution in [2.45, 2.75) is 25.3 Å². The quantitative estimate of drug-likeness (QED) is 0.603. The molecule has 0 radical (unpaired) electrons. The molecule has 8 heteroatoms. The van der Waals surface area contributed by atoms with Crippen LogP contribution in [0.1, 0.15) is 36.4 Å². The Bertz CT molecular complexity index is 1390. The molecule has 0 bridgehead atoms. The molecule has 3 aliphatic rings. The average molecular weight is 500 g/mol. The van der Waals surface area contributed by atoms with Gasteiger partial charge in [-0.05, 0) is 34.9 Å². The average Bonchev–Trinajstić information content (AvgIpc) is 3.32. The van der Waals surface area contributed by atoms with E-state index in [1.54, 1.807) is 12.1 Å². The van der Waals surface area contributed by atoms with Gasteiger partial charge in [0.25, 0.3) is 5.91 Å². The molecule has 2 aliphatic heterocycles. The minimum Gasteiger partial charge on any atom is -0.481 e. The first kappa shape index (κ1) is 23.6. The van der Waals surface area contributed by atoms with Gasteiger partial charge in [0, 0.05) is 23.8 Å². The molecule has 2 aromatic carbocycles. The Morgan fingerprint density at radius 2 is 1.78 bits per heavy atom. The summed E-state index contributed by atoms with van der Waals surface area (Å²) in [5.74, 6) is -2.14. The monoisotopic (exact) mass is 499 g/mol. The van der Waals surface area contributed by atoms with Crippen LogP contribution in [-0.4, -0.2) is 39.3 Å². The third kappa shape index (κ3) is 4.57. The standard InChI is InChI=1S/C28H22ClN3O4/c29-19-12-10-18(11-13-19)26-20-8-4-5-9-21(20)30-28(36)27(26)22-16-23(17-6-2-1-3-7-17)32(31-22)24(33)14-15-25(34)35/h1-13,20,23H,14-16H2,(H,34,35). The second-order valence-electron chi connectivity index (χ2n) is 8.67. The van der Waals surface area contributed by atoms with Gasteiger partial charge in [0.1, 0.15) is 0 Å². The molecule has 2 heterocycles. The Labute approximate surface area is 212 Å². The number of fused-ring (bicyclic) bond motifs is 1. The number of carboxylic acids is 1. The van der Waals surface area contributed by atoms with Crippen LogP contribution >= 0.6 is 11.6 Å². The van der Waals surface area contributed by atoms with Crippen molar-refractivity contribution in [3.8, 4) is 0 Å². The molecule has 2 amide bonds. The number of benzene rings is 2. The van der Waals surface area contributed by atoms with E-state index in [0.717, 1.165) is 16.7 Å². The van der Waals surface area contributed by atoms with Crippen molar-refractivity contribution in [2.75, 3.05) is 0 Å². The third-order valence-electron chi connectivity index (χ3n) is 6.37. The topological polar surface area (TPSA) is 99.4 Å². The molecule has 0 saturated heterocycles. The number of rotatable bonds is 6. The van der Waals surface area contributed by atoms with Crippen molar-refractivity contribution in [3.05, 3.63) is 101 Å². The number of carbonyl (C=O) groups excluding carboxylic acids is 2. The fourth-order valence-electron chi connectivity index (χ4n) is 4.71. The first-order chi connectivity index (χ1) is 17.4. The molecule has 2 aromatic rings. The molecule has 0 fully saturated rings. The summed E-state index contributed by atoms with van der Waals surface area (Å²) >= 11 is 6.13. The highest BCUT2D eigenvalue weighted by Crippen LogP contribution is 2.40. The lowest BCUT2D eigenvalue weighted by molar-refractivity contribution is -0.141. The Balaban J connectivity index is 1.62. The van der Waals surface area contributed by atoms with Gasteiger partial charge in [-0.1, -0.05) is 72.3 Å². The van der Waals surface area contributed by atoms with Crippen LogP contribution < -0.4 is 0 Å². The van der Waals surface area contributed by atoms with Gasteiger partial charge < -0.3 is 5.11 Å². The lowest BCUT2D eigenvalue weighted by atomic mass is 9.79. The number of hydrogen-bond acceptors (Lipinski definition) is 4. The highest BCUT2D eigenvalue weighted by Gasteiger charge is 2.39. The van der Waals surface area contributed by atoms with E-state index in [-0.39, 0.29) is 18.8 Å². The van der Waals surface area contributed by atoms with E-state index >= 15 is 0 Å². The van der Waals surface area contributed by atoms with Gasteiger partial charge in [-0.25, -0.2) is 10.0 Å². The van der Waals surface area contributed by atoms with Crippen LogP contribution in [0.2, 0.25) is 5.02 Å². The fourth-order valence-corrected chi connectivity index (χ4v) is 4.84. The normalized spacial score (nSPS) is 20.8. The number of nitrogens with zero attached hydrogens (tertiary/aromatic N) is 3. The predicted molar refractivity (Wildman–Crippen MR) is 138 cm³/mol. The Kier molecular flexibility index (Phi) is 6.48. The van der Waals surface area contributed by atoms with Crippen molar-refractivity contribution in [2.24, 2.45) is 16.0 Å². The maximum absolute atomic E-state index is 13.4. The number of aliphatic carboxylic acids is 1. The van der Waals surface area contributed by atoms with E-state index in [9.17, 15) is 14.4 Å². The number of amides is 2. The van der Waals surface area contributed by atoms with Crippen molar-refractivity contribution in [3.63, 3.8) is 0 Å². The van der Waals surface area contributed by atoms with Crippen LogP contribution in [0.4, 0.5) is 0 Å². The molecule has 36 heavy (non-hydrogen) atoms. The Hall–Kier alpha value is -4.10. The summed E-state index contributed by atoms with van der Waals surface area (Å²) in [6.45, 7) is 0. The zero-order valence-electron chi connectivity index (χ0n) is 19.2. The molecule has 0 aromatic heterocycles. The van der Waals surface area contributed by atoms with Gasteiger partial charge in [0.15, 0.2) is 0 Å². The SMILES string of the molecule is O=C(O)CCC(=O)N1N=C(C2=C(c3ccc(Cl)cc3)C3C=CC=CC3=NC2=O)CC1c1ccccc1. The summed E-state index contributed by atoms with van der Waals surface area (Å²) < 4.78 is 0. The van der Waals surface area contributed by atoms with E-state index in [1.165, 1.54) is 5.01 Å². The van der Waals surface area contributed by atoms with Gasteiger partial charge >= 0.3 is 5.97 Å². The molecule has 2 unspecified atom stereocenters. The maximum atomic E-state index is 13.4. The highest BCUT2D eigenvalue weighted by atomic mass is 35.5. The number of hydrogen-bond donors (Lipinski definition) is 1. The Morgan fingerprint density at radius 1 is 1.03 bits per heavy atom. The van der Waals surface area contributed by atoms with E-state index in [1.807, 2.05) is 66.8 Å². The largest absolute Gasteiger partial charge is 0.481 e. The number of carboxylic acid groups (broad SMARTS) is 1. The lowest BCUT2D eigenvalue weighted by Crippen LogP contribution is -2.27. The van der Waals surface area contributed by atoms with Gasteiger partial charge in [-0.15, -0.1) is 0 Å². The number of carbonyl (C=O) groups is 3. The summed E-state index contributed by atoms with van der Waals surface area (Å²) in [5.41, 5.74) is 3.88. The van der Waals surface area contributed by atoms with Gasteiger partial charge in [-0.3, -0.25) is 14.4 Å². The van der Waals surface area contributed by atoms with Crippen molar-refractivity contribution >= 4 is 46.4 Å². The second kappa shape index (κ2) is 9.87. The first-order valence-electron chi connectivity index (χ1n) is 11.6. The maximum Gasteiger partial charge on any atom is 0.303 e. The van der Waals surface area contributed by atoms with Crippen molar-refractivity contribution < 1.29 is 19.5 Å². The molecule has 180 valence electrons. The zero-order valence-corrected chi connectivity index (χ0v) is 19.9. The minimum absolute atomic E-state index is 0.190. The van der Waals surface area contributed by atoms with Crippen LogP contribution in [0.25, 0.3) is 5.57 Å². The summed E-state index contributed by atoms with van der Waals surface area (Å²) in [4.78, 5) is 41.9. The summed E-state index contributed by atoms with van der Waals surface area (Å²) in [6, 6.07) is 16.2. The molecule has 1 N–H and O–H groups in total. The fraction of sp³-hybridized carbons (Fsp3) is 0.179. The molecule has 2 atom stereocenters. The molecular weight excluding hydrogens is 478 g/mol. The Morgan fingerprint density at radius 3 is 2.50 bits per heavy atom. The summed E-state index contributed by atoms with van der Waals surface area (Å²) in [7, 11) is 0. The highest BCUT2D eigenvalue weighted by molar-refractivity contribution is 6.34. The van der Waals surface area contributed by atoms with Crippen molar-refractivity contribution in [1.29, 1.82) is 0 Å². The predicted octanol–water partition coefficient (Wildman–Crippen LogP) is 5.01. The van der Waals surface area contributed by atoms with Crippen molar-refractivity contribution in [1.82, 2.24) is 5.01 Å². The van der Waals surface area contributed by atoms with E-state index < -0.39 is 23.8 Å². The van der Waals surface area contributed by atoms with Crippen LogP contribution in [0.15, 0.2) is 94.6 Å². The van der Waals surface area contributed by atoms with E-state index in [2.05, 4.69) is 10.1 Å². The number of aliphatic imine (C=N–C) groups is 1. The third-order valence-corrected chi connectivity index (χ3v) is 6.62. The smallest absolute Gasteiger partial charge is 0.303 e. The van der Waals surface area contributed by atoms with Gasteiger partial charge in [0.2, 0.25) is 5.91 Å². The number of allylic oxidation sites excluding steroid dienone is 5. The molecule has 0 saturated carbocycles. The van der Waals surface area contributed by atoms with Crippen LogP contribution in [-0.2, 0) is 14.4 Å². The van der Waals surface area contributed by atoms with Crippen LogP contribution in [0, 0.1) is 5.92 Å². The van der Waals surface area contributed by atoms with Gasteiger partial charge in [-0.2, -0.15) is 5.10 Å². The second-order valence-corrected chi connectivity index (χ2v) is 9.10. The molecular formula is C28H22ClN3O4. The number of halogens is 1. The molecule has 7 nitrogen and oxygen atoms in total. The molecule has 0 spiro atoms. The first-order valence-corrected chi connectivity index (χ1v) is 11.9. The van der Waals surface area contributed by atoms with Gasteiger partial charge in [0.05, 0.1) is 29.5 Å². The molecule has 1 aliphatic carbocycles. The molecule has 5 rings (SSSR count). The summed E-state index contributed by atoms with van der Waals surface area (Å²) in [6.07, 6.45) is 7.37.